The fourth-order valence-electron chi connectivity index (χ4n) is 1.07. The van der Waals surface area contributed by atoms with Gasteiger partial charge in [0.1, 0.15) is 5.60 Å². The number of amides is 1. The van der Waals surface area contributed by atoms with E-state index in [9.17, 15) is 4.79 Å². The number of nitrogens with one attached hydrogen (secondary N) is 1. The van der Waals surface area contributed by atoms with Gasteiger partial charge in [0.2, 0.25) is 0 Å². The molecule has 0 aliphatic heterocycles. The topological polar surface area (TPSA) is 73.3 Å². The van der Waals surface area contributed by atoms with Crippen LogP contribution >= 0.6 is 0 Å². The fraction of sp³-hybridized carbons (Fsp3) is 0.583. The van der Waals surface area contributed by atoms with Crippen molar-refractivity contribution in [2.24, 2.45) is 0 Å². The Morgan fingerprint density at radius 1 is 1.28 bits per heavy atom. The maximum absolute atomic E-state index is 11.5. The summed E-state index contributed by atoms with van der Waals surface area (Å²) in [7, 11) is 0. The summed E-state index contributed by atoms with van der Waals surface area (Å²) in [6.45, 7) is 9.15. The highest BCUT2D eigenvalue weighted by Crippen LogP contribution is 2.12. The van der Waals surface area contributed by atoms with Crippen LogP contribution in [0.1, 0.15) is 34.6 Å². The average molecular weight is 253 g/mol. The zero-order chi connectivity index (χ0) is 13.8. The second kappa shape index (κ2) is 5.66. The van der Waals surface area contributed by atoms with Crippen LogP contribution in [0, 0.1) is 0 Å². The molecule has 0 unspecified atom stereocenters. The molecule has 0 aliphatic rings. The third-order valence-electron chi connectivity index (χ3n) is 1.61. The number of ether oxygens (including phenoxy) is 2. The number of hydrogen-bond donors (Lipinski definition) is 1. The molecule has 18 heavy (non-hydrogen) atoms. The first kappa shape index (κ1) is 14.2. The molecule has 0 aromatic carbocycles. The Morgan fingerprint density at radius 2 is 1.83 bits per heavy atom. The SMILES string of the molecule is CC(C)Oc1ncc(NC(=O)OC(C)(C)C)cn1. The van der Waals surface area contributed by atoms with Crippen molar-refractivity contribution in [1.82, 2.24) is 9.97 Å². The van der Waals surface area contributed by atoms with Crippen molar-refractivity contribution in [3.05, 3.63) is 12.4 Å². The minimum absolute atomic E-state index is 0.00895. The Balaban J connectivity index is 2.56. The van der Waals surface area contributed by atoms with Crippen LogP contribution in [0.5, 0.6) is 6.01 Å². The molecule has 6 nitrogen and oxygen atoms in total. The van der Waals surface area contributed by atoms with Crippen LogP contribution < -0.4 is 10.1 Å². The second-order valence-corrected chi connectivity index (χ2v) is 5.05. The van der Waals surface area contributed by atoms with E-state index in [2.05, 4.69) is 15.3 Å². The molecule has 0 atom stereocenters. The summed E-state index contributed by atoms with van der Waals surface area (Å²) in [5.74, 6) is 0. The summed E-state index contributed by atoms with van der Waals surface area (Å²) in [5.41, 5.74) is -0.0774. The molecule has 0 spiro atoms. The molecule has 0 bridgehead atoms. The van der Waals surface area contributed by atoms with Gasteiger partial charge >= 0.3 is 12.1 Å². The number of rotatable bonds is 3. The van der Waals surface area contributed by atoms with Crippen molar-refractivity contribution in [3.8, 4) is 6.01 Å². The molecule has 6 heteroatoms. The molecule has 1 aromatic rings. The van der Waals surface area contributed by atoms with Gasteiger partial charge in [0, 0.05) is 0 Å². The maximum Gasteiger partial charge on any atom is 0.412 e. The maximum atomic E-state index is 11.5. The number of carbonyl (C=O) groups excluding carboxylic acids is 1. The van der Waals surface area contributed by atoms with Crippen LogP contribution in [0.15, 0.2) is 12.4 Å². The monoisotopic (exact) mass is 253 g/mol. The van der Waals surface area contributed by atoms with Gasteiger partial charge in [0.25, 0.3) is 0 Å². The van der Waals surface area contributed by atoms with Gasteiger partial charge in [-0.25, -0.2) is 14.8 Å². The summed E-state index contributed by atoms with van der Waals surface area (Å²) >= 11 is 0. The highest BCUT2D eigenvalue weighted by molar-refractivity contribution is 5.84. The van der Waals surface area contributed by atoms with Crippen LogP contribution in [-0.2, 0) is 4.74 Å². The van der Waals surface area contributed by atoms with E-state index >= 15 is 0 Å². The molecule has 0 radical (unpaired) electrons. The summed E-state index contributed by atoms with van der Waals surface area (Å²) in [4.78, 5) is 19.4. The molecule has 1 N–H and O–H groups in total. The first-order valence-corrected chi connectivity index (χ1v) is 5.75. The quantitative estimate of drug-likeness (QED) is 0.896. The summed E-state index contributed by atoms with van der Waals surface area (Å²) in [6, 6.07) is 0.278. The summed E-state index contributed by atoms with van der Waals surface area (Å²) < 4.78 is 10.4. The van der Waals surface area contributed by atoms with Crippen molar-refractivity contribution in [2.75, 3.05) is 5.32 Å². The van der Waals surface area contributed by atoms with Crippen molar-refractivity contribution >= 4 is 11.8 Å². The molecule has 1 rings (SSSR count). The Hall–Kier alpha value is -1.85. The van der Waals surface area contributed by atoms with Gasteiger partial charge in [-0.1, -0.05) is 0 Å². The smallest absolute Gasteiger partial charge is 0.412 e. The normalized spacial score (nSPS) is 11.2. The molecule has 0 aliphatic carbocycles. The predicted octanol–water partition coefficient (Wildman–Crippen LogP) is 2.61. The van der Waals surface area contributed by atoms with E-state index in [1.54, 1.807) is 20.8 Å². The van der Waals surface area contributed by atoms with Gasteiger partial charge in [-0.05, 0) is 34.6 Å². The third kappa shape index (κ3) is 5.47. The van der Waals surface area contributed by atoms with E-state index in [1.165, 1.54) is 12.4 Å². The van der Waals surface area contributed by atoms with Crippen molar-refractivity contribution in [2.45, 2.75) is 46.3 Å². The second-order valence-electron chi connectivity index (χ2n) is 5.05. The number of hydrogen-bond acceptors (Lipinski definition) is 5. The molecular weight excluding hydrogens is 234 g/mol. The Morgan fingerprint density at radius 3 is 2.28 bits per heavy atom. The highest BCUT2D eigenvalue weighted by atomic mass is 16.6. The van der Waals surface area contributed by atoms with Crippen LogP contribution in [0.2, 0.25) is 0 Å². The minimum Gasteiger partial charge on any atom is -0.461 e. The lowest BCUT2D eigenvalue weighted by atomic mass is 10.2. The summed E-state index contributed by atoms with van der Waals surface area (Å²) in [5, 5.41) is 2.54. The molecular formula is C12H19N3O3. The van der Waals surface area contributed by atoms with E-state index < -0.39 is 11.7 Å². The van der Waals surface area contributed by atoms with Gasteiger partial charge in [0.05, 0.1) is 24.2 Å². The molecule has 0 saturated heterocycles. The third-order valence-corrected chi connectivity index (χ3v) is 1.61. The zero-order valence-corrected chi connectivity index (χ0v) is 11.4. The van der Waals surface area contributed by atoms with Gasteiger partial charge < -0.3 is 9.47 Å². The van der Waals surface area contributed by atoms with Crippen LogP contribution in [0.4, 0.5) is 10.5 Å². The molecule has 100 valence electrons. The predicted molar refractivity (Wildman–Crippen MR) is 67.7 cm³/mol. The Labute approximate surface area is 107 Å². The molecule has 1 aromatic heterocycles. The Bertz CT molecular complexity index is 396. The van der Waals surface area contributed by atoms with E-state index in [0.717, 1.165) is 0 Å². The summed E-state index contributed by atoms with van der Waals surface area (Å²) in [6.07, 6.45) is 2.40. The average Bonchev–Trinajstić information content (AvgIpc) is 2.17. The fourth-order valence-corrected chi connectivity index (χ4v) is 1.07. The standard InChI is InChI=1S/C12H19N3O3/c1-8(2)17-10-13-6-9(7-14-10)15-11(16)18-12(3,4)5/h6-8H,1-5H3,(H,15,16). The lowest BCUT2D eigenvalue weighted by Gasteiger charge is -2.19. The molecule has 1 heterocycles. The van der Waals surface area contributed by atoms with Crippen molar-refractivity contribution in [3.63, 3.8) is 0 Å². The van der Waals surface area contributed by atoms with Gasteiger partial charge in [-0.2, -0.15) is 0 Å². The van der Waals surface area contributed by atoms with Crippen LogP contribution in [0.3, 0.4) is 0 Å². The molecule has 1 amide bonds. The number of nitrogens with zero attached hydrogens (tertiary/aromatic N) is 2. The number of carbonyl (C=O) groups is 1. The number of aromatic nitrogens is 2. The Kier molecular flexibility index (Phi) is 4.47. The van der Waals surface area contributed by atoms with Crippen LogP contribution in [-0.4, -0.2) is 27.8 Å². The first-order chi connectivity index (χ1) is 8.26. The van der Waals surface area contributed by atoms with E-state index in [1.807, 2.05) is 13.8 Å². The lowest BCUT2D eigenvalue weighted by molar-refractivity contribution is 0.0635. The van der Waals surface area contributed by atoms with E-state index in [-0.39, 0.29) is 12.1 Å². The lowest BCUT2D eigenvalue weighted by Crippen LogP contribution is -2.27. The van der Waals surface area contributed by atoms with Crippen LogP contribution in [0.25, 0.3) is 0 Å². The van der Waals surface area contributed by atoms with Crippen molar-refractivity contribution in [1.29, 1.82) is 0 Å². The highest BCUT2D eigenvalue weighted by Gasteiger charge is 2.16. The van der Waals surface area contributed by atoms with Crippen molar-refractivity contribution < 1.29 is 14.3 Å². The first-order valence-electron chi connectivity index (χ1n) is 5.75. The number of anilines is 1. The van der Waals surface area contributed by atoms with Gasteiger partial charge in [0.15, 0.2) is 0 Å². The molecule has 0 saturated carbocycles. The largest absolute Gasteiger partial charge is 0.461 e. The van der Waals surface area contributed by atoms with Gasteiger partial charge in [-0.15, -0.1) is 0 Å². The van der Waals surface area contributed by atoms with E-state index in [4.69, 9.17) is 9.47 Å². The van der Waals surface area contributed by atoms with E-state index in [0.29, 0.717) is 5.69 Å². The van der Waals surface area contributed by atoms with Gasteiger partial charge in [-0.3, -0.25) is 5.32 Å². The minimum atomic E-state index is -0.538. The molecule has 0 fully saturated rings. The zero-order valence-electron chi connectivity index (χ0n) is 11.4.